The van der Waals surface area contributed by atoms with Gasteiger partial charge in [0.25, 0.3) is 0 Å². The smallest absolute Gasteiger partial charge is 0.374 e. The Hall–Kier alpha value is -1.78. The number of hydrogen-bond acceptors (Lipinski definition) is 5. The van der Waals surface area contributed by atoms with E-state index in [2.05, 4.69) is 0 Å². The Kier molecular flexibility index (Phi) is 3.46. The van der Waals surface area contributed by atoms with Gasteiger partial charge in [-0.1, -0.05) is 0 Å². The first-order chi connectivity index (χ1) is 8.16. The molecule has 2 rings (SSSR count). The van der Waals surface area contributed by atoms with Gasteiger partial charge in [-0.15, -0.1) is 0 Å². The van der Waals surface area contributed by atoms with Crippen LogP contribution in [0.25, 0.3) is 0 Å². The van der Waals surface area contributed by atoms with Crippen LogP contribution in [0.4, 0.5) is 0 Å². The molecule has 0 aromatic carbocycles. The fourth-order valence-electron chi connectivity index (χ4n) is 1.97. The monoisotopic (exact) mass is 238 g/mol. The Labute approximate surface area is 98.7 Å². The van der Waals surface area contributed by atoms with Crippen molar-refractivity contribution in [3.8, 4) is 0 Å². The maximum absolute atomic E-state index is 11.6. The molecule has 1 fully saturated rings. The van der Waals surface area contributed by atoms with Crippen LogP contribution in [0, 0.1) is 0 Å². The fourth-order valence-corrected chi connectivity index (χ4v) is 1.97. The van der Waals surface area contributed by atoms with E-state index in [0.29, 0.717) is 6.42 Å². The summed E-state index contributed by atoms with van der Waals surface area (Å²) in [6.07, 6.45) is 3.05. The molecule has 1 aliphatic rings. The van der Waals surface area contributed by atoms with Gasteiger partial charge < -0.3 is 13.9 Å². The third kappa shape index (κ3) is 2.87. The number of rotatable bonds is 3. The zero-order chi connectivity index (χ0) is 12.3. The summed E-state index contributed by atoms with van der Waals surface area (Å²) in [6.45, 7) is 1.35. The summed E-state index contributed by atoms with van der Waals surface area (Å²) in [5.74, 6) is -0.700. The third-order valence-corrected chi connectivity index (χ3v) is 2.69. The molecular formula is C12H14O5. The maximum Gasteiger partial charge on any atom is 0.374 e. The van der Waals surface area contributed by atoms with Crippen LogP contribution < -0.4 is 0 Å². The van der Waals surface area contributed by atoms with Gasteiger partial charge in [0.1, 0.15) is 12.2 Å². The van der Waals surface area contributed by atoms with Crippen LogP contribution in [0.1, 0.15) is 36.7 Å². The van der Waals surface area contributed by atoms with Crippen LogP contribution in [0.15, 0.2) is 22.8 Å². The molecule has 1 aromatic heterocycles. The van der Waals surface area contributed by atoms with E-state index < -0.39 is 5.97 Å². The summed E-state index contributed by atoms with van der Waals surface area (Å²) >= 11 is 0. The van der Waals surface area contributed by atoms with Crippen molar-refractivity contribution in [1.82, 2.24) is 0 Å². The van der Waals surface area contributed by atoms with Gasteiger partial charge in [-0.05, 0) is 31.4 Å². The largest absolute Gasteiger partial charge is 0.459 e. The second-order valence-electron chi connectivity index (χ2n) is 4.00. The van der Waals surface area contributed by atoms with Crippen LogP contribution in [-0.2, 0) is 14.3 Å². The first-order valence-electron chi connectivity index (χ1n) is 5.58. The summed E-state index contributed by atoms with van der Waals surface area (Å²) < 4.78 is 15.3. The lowest BCUT2D eigenvalue weighted by atomic mass is 10.2. The van der Waals surface area contributed by atoms with Gasteiger partial charge in [-0.3, -0.25) is 4.79 Å². The second kappa shape index (κ2) is 5.03. The van der Waals surface area contributed by atoms with Gasteiger partial charge >= 0.3 is 11.9 Å². The summed E-state index contributed by atoms with van der Waals surface area (Å²) in [5.41, 5.74) is 0. The van der Waals surface area contributed by atoms with Gasteiger partial charge in [0, 0.05) is 6.92 Å². The molecule has 1 saturated carbocycles. The SMILES string of the molecule is CC(=O)O[C@@H]1CCC[C@@H]1OC(=O)c1ccco1. The Balaban J connectivity index is 1.93. The number of ether oxygens (including phenoxy) is 2. The van der Waals surface area contributed by atoms with Crippen LogP contribution in [-0.4, -0.2) is 24.1 Å². The average molecular weight is 238 g/mol. The van der Waals surface area contributed by atoms with Crippen molar-refractivity contribution in [2.24, 2.45) is 0 Å². The molecule has 1 heterocycles. The van der Waals surface area contributed by atoms with Crippen molar-refractivity contribution < 1.29 is 23.5 Å². The average Bonchev–Trinajstić information content (AvgIpc) is 2.89. The molecule has 2 atom stereocenters. The normalized spacial score (nSPS) is 23.4. The minimum atomic E-state index is -0.515. The lowest BCUT2D eigenvalue weighted by Crippen LogP contribution is -2.29. The predicted octanol–water partition coefficient (Wildman–Crippen LogP) is 1.92. The first-order valence-corrected chi connectivity index (χ1v) is 5.58. The lowest BCUT2D eigenvalue weighted by molar-refractivity contribution is -0.150. The number of carbonyl (C=O) groups excluding carboxylic acids is 2. The number of carbonyl (C=O) groups is 2. The summed E-state index contributed by atoms with van der Waals surface area (Å²) in [6, 6.07) is 3.16. The quantitative estimate of drug-likeness (QED) is 0.752. The zero-order valence-electron chi connectivity index (χ0n) is 9.55. The van der Waals surface area contributed by atoms with E-state index in [1.54, 1.807) is 6.07 Å². The minimum absolute atomic E-state index is 0.165. The molecule has 1 aromatic rings. The van der Waals surface area contributed by atoms with Crippen molar-refractivity contribution in [3.05, 3.63) is 24.2 Å². The molecule has 0 amide bonds. The highest BCUT2D eigenvalue weighted by Gasteiger charge is 2.33. The molecule has 92 valence electrons. The van der Waals surface area contributed by atoms with Gasteiger partial charge in [0.05, 0.1) is 6.26 Å². The predicted molar refractivity (Wildman–Crippen MR) is 57.3 cm³/mol. The van der Waals surface area contributed by atoms with E-state index >= 15 is 0 Å². The van der Waals surface area contributed by atoms with E-state index in [1.807, 2.05) is 0 Å². The van der Waals surface area contributed by atoms with Crippen LogP contribution in [0.2, 0.25) is 0 Å². The van der Waals surface area contributed by atoms with Crippen molar-refractivity contribution >= 4 is 11.9 Å². The Bertz CT molecular complexity index is 395. The van der Waals surface area contributed by atoms with Crippen molar-refractivity contribution in [3.63, 3.8) is 0 Å². The van der Waals surface area contributed by atoms with Gasteiger partial charge in [-0.25, -0.2) is 4.79 Å². The van der Waals surface area contributed by atoms with Crippen molar-refractivity contribution in [2.45, 2.75) is 38.4 Å². The number of hydrogen-bond donors (Lipinski definition) is 0. The highest BCUT2D eigenvalue weighted by atomic mass is 16.6. The summed E-state index contributed by atoms with van der Waals surface area (Å²) in [5, 5.41) is 0. The molecule has 0 unspecified atom stereocenters. The number of esters is 2. The first kappa shape index (κ1) is 11.7. The molecule has 0 aliphatic heterocycles. The van der Waals surface area contributed by atoms with E-state index in [-0.39, 0.29) is 23.9 Å². The molecule has 1 aliphatic carbocycles. The topological polar surface area (TPSA) is 65.7 Å². The summed E-state index contributed by atoms with van der Waals surface area (Å²) in [7, 11) is 0. The molecular weight excluding hydrogens is 224 g/mol. The Morgan fingerprint density at radius 2 is 2.00 bits per heavy atom. The lowest BCUT2D eigenvalue weighted by Gasteiger charge is -2.19. The minimum Gasteiger partial charge on any atom is -0.459 e. The van der Waals surface area contributed by atoms with Gasteiger partial charge in [-0.2, -0.15) is 0 Å². The summed E-state index contributed by atoms with van der Waals surface area (Å²) in [4.78, 5) is 22.5. The third-order valence-electron chi connectivity index (χ3n) is 2.69. The van der Waals surface area contributed by atoms with E-state index in [4.69, 9.17) is 13.9 Å². The maximum atomic E-state index is 11.6. The van der Waals surface area contributed by atoms with Gasteiger partial charge in [0.15, 0.2) is 0 Å². The number of furan rings is 1. The van der Waals surface area contributed by atoms with E-state index in [0.717, 1.165) is 12.8 Å². The van der Waals surface area contributed by atoms with Crippen LogP contribution >= 0.6 is 0 Å². The van der Waals surface area contributed by atoms with Crippen LogP contribution in [0.3, 0.4) is 0 Å². The zero-order valence-corrected chi connectivity index (χ0v) is 9.55. The second-order valence-corrected chi connectivity index (χ2v) is 4.00. The molecule has 17 heavy (non-hydrogen) atoms. The fraction of sp³-hybridized carbons (Fsp3) is 0.500. The van der Waals surface area contributed by atoms with E-state index in [1.165, 1.54) is 19.3 Å². The van der Waals surface area contributed by atoms with E-state index in [9.17, 15) is 9.59 Å². The molecule has 5 nitrogen and oxygen atoms in total. The molecule has 0 saturated heterocycles. The Morgan fingerprint density at radius 1 is 1.29 bits per heavy atom. The molecule has 0 N–H and O–H groups in total. The molecule has 5 heteroatoms. The van der Waals surface area contributed by atoms with Crippen molar-refractivity contribution in [1.29, 1.82) is 0 Å². The standard InChI is InChI=1S/C12H14O5/c1-8(13)16-9-4-2-5-10(9)17-12(14)11-6-3-7-15-11/h3,6-7,9-10H,2,4-5H2,1H3/t9-,10+/m1/s1. The molecule has 0 bridgehead atoms. The highest BCUT2D eigenvalue weighted by molar-refractivity contribution is 5.86. The van der Waals surface area contributed by atoms with Crippen molar-refractivity contribution in [2.75, 3.05) is 0 Å². The Morgan fingerprint density at radius 3 is 2.59 bits per heavy atom. The highest BCUT2D eigenvalue weighted by Crippen LogP contribution is 2.26. The molecule has 0 radical (unpaired) electrons. The van der Waals surface area contributed by atoms with Gasteiger partial charge in [0.2, 0.25) is 5.76 Å². The van der Waals surface area contributed by atoms with Crippen LogP contribution in [0.5, 0.6) is 0 Å². The molecule has 0 spiro atoms.